The molecule has 0 saturated heterocycles. The van der Waals surface area contributed by atoms with Gasteiger partial charge in [0.2, 0.25) is 0 Å². The van der Waals surface area contributed by atoms with Gasteiger partial charge in [-0.05, 0) is 48.9 Å². The molecular formula is C20H15ClFNO3S. The SMILES string of the molecule is CCOC(=O)C1=C(O)C(=Cc2ccccc2Cl)SC1=Nc1ccc(F)cc1. The van der Waals surface area contributed by atoms with Crippen LogP contribution in [-0.2, 0) is 9.53 Å². The van der Waals surface area contributed by atoms with Gasteiger partial charge >= 0.3 is 5.97 Å². The second-order valence-electron chi connectivity index (χ2n) is 5.47. The number of nitrogens with zero attached hydrogens (tertiary/aromatic N) is 1. The number of thioether (sulfide) groups is 1. The van der Waals surface area contributed by atoms with E-state index < -0.39 is 5.97 Å². The molecular weight excluding hydrogens is 389 g/mol. The largest absolute Gasteiger partial charge is 0.506 e. The summed E-state index contributed by atoms with van der Waals surface area (Å²) in [6, 6.07) is 12.7. The molecule has 0 fully saturated rings. The monoisotopic (exact) mass is 403 g/mol. The van der Waals surface area contributed by atoms with E-state index in [9.17, 15) is 14.3 Å². The van der Waals surface area contributed by atoms with Gasteiger partial charge in [-0.2, -0.15) is 0 Å². The van der Waals surface area contributed by atoms with Crippen LogP contribution in [0.2, 0.25) is 5.02 Å². The van der Waals surface area contributed by atoms with Crippen molar-refractivity contribution in [2.24, 2.45) is 4.99 Å². The van der Waals surface area contributed by atoms with Crippen LogP contribution in [0.25, 0.3) is 6.08 Å². The molecule has 0 saturated carbocycles. The summed E-state index contributed by atoms with van der Waals surface area (Å²) >= 11 is 7.29. The van der Waals surface area contributed by atoms with Crippen LogP contribution >= 0.6 is 23.4 Å². The first-order valence-electron chi connectivity index (χ1n) is 8.09. The van der Waals surface area contributed by atoms with Gasteiger partial charge < -0.3 is 9.84 Å². The van der Waals surface area contributed by atoms with E-state index >= 15 is 0 Å². The second kappa shape index (κ2) is 8.41. The van der Waals surface area contributed by atoms with Gasteiger partial charge in [0.25, 0.3) is 0 Å². The lowest BCUT2D eigenvalue weighted by atomic mass is 10.1. The number of aliphatic hydroxyl groups is 1. The predicted octanol–water partition coefficient (Wildman–Crippen LogP) is 5.67. The first-order valence-corrected chi connectivity index (χ1v) is 9.28. The maximum atomic E-state index is 13.1. The maximum absolute atomic E-state index is 13.1. The van der Waals surface area contributed by atoms with Gasteiger partial charge in [-0.15, -0.1) is 0 Å². The van der Waals surface area contributed by atoms with E-state index in [0.29, 0.717) is 21.2 Å². The second-order valence-corrected chi connectivity index (χ2v) is 6.91. The lowest BCUT2D eigenvalue weighted by Crippen LogP contribution is -2.12. The Kier molecular flexibility index (Phi) is 5.98. The van der Waals surface area contributed by atoms with Gasteiger partial charge in [0, 0.05) is 5.02 Å². The van der Waals surface area contributed by atoms with Crippen LogP contribution in [-0.4, -0.2) is 22.7 Å². The number of aliphatic imine (C=N–C) groups is 1. The third-order valence-electron chi connectivity index (χ3n) is 3.62. The molecule has 0 radical (unpaired) electrons. The summed E-state index contributed by atoms with van der Waals surface area (Å²) in [5, 5.41) is 11.4. The van der Waals surface area contributed by atoms with E-state index in [-0.39, 0.29) is 28.8 Å². The average molecular weight is 404 g/mol. The Hall–Kier alpha value is -2.57. The zero-order valence-electron chi connectivity index (χ0n) is 14.3. The lowest BCUT2D eigenvalue weighted by Gasteiger charge is -2.03. The molecule has 0 atom stereocenters. The van der Waals surface area contributed by atoms with Crippen molar-refractivity contribution in [3.05, 3.63) is 81.2 Å². The van der Waals surface area contributed by atoms with Crippen LogP contribution in [0.15, 0.2) is 69.8 Å². The summed E-state index contributed by atoms with van der Waals surface area (Å²) in [6.07, 6.45) is 1.68. The molecule has 4 nitrogen and oxygen atoms in total. The highest BCUT2D eigenvalue weighted by molar-refractivity contribution is 8.18. The van der Waals surface area contributed by atoms with Gasteiger partial charge in [0.15, 0.2) is 0 Å². The number of carbonyl (C=O) groups excluding carboxylic acids is 1. The summed E-state index contributed by atoms with van der Waals surface area (Å²) in [5.41, 5.74) is 1.12. The van der Waals surface area contributed by atoms with Crippen molar-refractivity contribution in [1.82, 2.24) is 0 Å². The smallest absolute Gasteiger partial charge is 0.344 e. The van der Waals surface area contributed by atoms with Crippen LogP contribution in [0.5, 0.6) is 0 Å². The molecule has 2 aromatic carbocycles. The summed E-state index contributed by atoms with van der Waals surface area (Å²) in [5.74, 6) is -1.29. The first kappa shape index (κ1) is 19.2. The highest BCUT2D eigenvalue weighted by Crippen LogP contribution is 2.40. The van der Waals surface area contributed by atoms with Gasteiger partial charge in [0.1, 0.15) is 22.2 Å². The molecule has 0 aromatic heterocycles. The lowest BCUT2D eigenvalue weighted by molar-refractivity contribution is -0.138. The summed E-state index contributed by atoms with van der Waals surface area (Å²) < 4.78 is 18.2. The number of halogens is 2. The first-order chi connectivity index (χ1) is 13.0. The number of esters is 1. The molecule has 3 rings (SSSR count). The Labute approximate surface area is 165 Å². The molecule has 0 spiro atoms. The summed E-state index contributed by atoms with van der Waals surface area (Å²) in [7, 11) is 0. The van der Waals surface area contributed by atoms with Crippen LogP contribution in [0, 0.1) is 5.82 Å². The van der Waals surface area contributed by atoms with Gasteiger partial charge in [-0.1, -0.05) is 41.6 Å². The fourth-order valence-corrected chi connectivity index (χ4v) is 3.57. The number of rotatable bonds is 4. The number of hydrogen-bond donors (Lipinski definition) is 1. The van der Waals surface area contributed by atoms with E-state index in [1.165, 1.54) is 24.3 Å². The standard InChI is InChI=1S/C20H15ClFNO3S/c1-2-26-20(25)17-18(24)16(11-12-5-3-4-6-15(12)21)27-19(17)23-14-9-7-13(22)8-10-14/h3-11,24H,2H2,1H3. The Bertz CT molecular complexity index is 967. The Morgan fingerprint density at radius 1 is 1.26 bits per heavy atom. The van der Waals surface area contributed by atoms with E-state index in [1.54, 1.807) is 31.2 Å². The van der Waals surface area contributed by atoms with Crippen molar-refractivity contribution >= 4 is 46.1 Å². The average Bonchev–Trinajstić information content (AvgIpc) is 2.94. The summed E-state index contributed by atoms with van der Waals surface area (Å²) in [6.45, 7) is 1.84. The minimum atomic E-state index is -0.675. The summed E-state index contributed by atoms with van der Waals surface area (Å²) in [4.78, 5) is 17.1. The third kappa shape index (κ3) is 4.40. The topological polar surface area (TPSA) is 58.9 Å². The Morgan fingerprint density at radius 2 is 1.96 bits per heavy atom. The third-order valence-corrected chi connectivity index (χ3v) is 4.98. The molecule has 138 valence electrons. The van der Waals surface area contributed by atoms with E-state index in [1.807, 2.05) is 6.07 Å². The normalized spacial score (nSPS) is 17.0. The maximum Gasteiger partial charge on any atom is 0.344 e. The highest BCUT2D eigenvalue weighted by Gasteiger charge is 2.33. The molecule has 1 aliphatic heterocycles. The molecule has 0 unspecified atom stereocenters. The molecule has 0 aliphatic carbocycles. The fraction of sp³-hybridized carbons (Fsp3) is 0.100. The zero-order chi connectivity index (χ0) is 19.4. The molecule has 1 heterocycles. The van der Waals surface area contributed by atoms with Crippen molar-refractivity contribution in [3.63, 3.8) is 0 Å². The van der Waals surface area contributed by atoms with Gasteiger partial charge in [-0.25, -0.2) is 14.2 Å². The van der Waals surface area contributed by atoms with E-state index in [0.717, 1.165) is 11.8 Å². The number of aliphatic hydroxyl groups excluding tert-OH is 1. The minimum Gasteiger partial charge on any atom is -0.506 e. The molecule has 1 N–H and O–H groups in total. The van der Waals surface area contributed by atoms with Crippen molar-refractivity contribution < 1.29 is 19.0 Å². The molecule has 1 aliphatic rings. The van der Waals surface area contributed by atoms with E-state index in [2.05, 4.69) is 4.99 Å². The molecule has 2 aromatic rings. The Morgan fingerprint density at radius 3 is 2.63 bits per heavy atom. The zero-order valence-corrected chi connectivity index (χ0v) is 15.9. The van der Waals surface area contributed by atoms with Crippen molar-refractivity contribution in [2.45, 2.75) is 6.92 Å². The van der Waals surface area contributed by atoms with Crippen molar-refractivity contribution in [3.8, 4) is 0 Å². The molecule has 27 heavy (non-hydrogen) atoms. The molecule has 7 heteroatoms. The van der Waals surface area contributed by atoms with Crippen molar-refractivity contribution in [1.29, 1.82) is 0 Å². The highest BCUT2D eigenvalue weighted by atomic mass is 35.5. The number of hydrogen-bond acceptors (Lipinski definition) is 5. The van der Waals surface area contributed by atoms with Crippen LogP contribution in [0.3, 0.4) is 0 Å². The number of carbonyl (C=O) groups is 1. The van der Waals surface area contributed by atoms with E-state index in [4.69, 9.17) is 16.3 Å². The fourth-order valence-electron chi connectivity index (χ4n) is 2.36. The molecule has 0 amide bonds. The van der Waals surface area contributed by atoms with Crippen LogP contribution < -0.4 is 0 Å². The van der Waals surface area contributed by atoms with Crippen LogP contribution in [0.4, 0.5) is 10.1 Å². The van der Waals surface area contributed by atoms with Crippen molar-refractivity contribution in [2.75, 3.05) is 6.61 Å². The predicted molar refractivity (Wildman–Crippen MR) is 107 cm³/mol. The molecule has 0 bridgehead atoms. The Balaban J connectivity index is 2.05. The number of ether oxygens (including phenoxy) is 1. The van der Waals surface area contributed by atoms with Gasteiger partial charge in [0.05, 0.1) is 17.2 Å². The number of benzene rings is 2. The van der Waals surface area contributed by atoms with Crippen LogP contribution in [0.1, 0.15) is 12.5 Å². The minimum absolute atomic E-state index is 0.0236. The van der Waals surface area contributed by atoms with Gasteiger partial charge in [-0.3, -0.25) is 0 Å². The quantitative estimate of drug-likeness (QED) is 0.668.